The molecular formula is C28H26ClNO5. The second-order valence-corrected chi connectivity index (χ2v) is 8.98. The summed E-state index contributed by atoms with van der Waals surface area (Å²) in [6.07, 6.45) is -0.0685. The average molecular weight is 492 g/mol. The Bertz CT molecular complexity index is 1330. The lowest BCUT2D eigenvalue weighted by Crippen LogP contribution is -2.29. The number of Topliss-reactive ketones (excluding diaryl/α,β-unsaturated/α-hetero) is 1. The number of carbonyl (C=O) groups excluding carboxylic acids is 2. The van der Waals surface area contributed by atoms with Crippen molar-refractivity contribution in [3.05, 3.63) is 94.0 Å². The molecule has 0 bridgehead atoms. The summed E-state index contributed by atoms with van der Waals surface area (Å²) in [5, 5.41) is 11.8. The Morgan fingerprint density at radius 1 is 1.00 bits per heavy atom. The normalized spacial score (nSPS) is 17.2. The van der Waals surface area contributed by atoms with E-state index in [0.29, 0.717) is 33.3 Å². The topological polar surface area (TPSA) is 76.1 Å². The summed E-state index contributed by atoms with van der Waals surface area (Å²) < 4.78 is 11.1. The van der Waals surface area contributed by atoms with Gasteiger partial charge >= 0.3 is 0 Å². The van der Waals surface area contributed by atoms with Crippen LogP contribution in [0.3, 0.4) is 0 Å². The van der Waals surface area contributed by atoms with Crippen molar-refractivity contribution in [2.75, 3.05) is 12.0 Å². The van der Waals surface area contributed by atoms with Crippen LogP contribution in [0, 0.1) is 6.92 Å². The van der Waals surface area contributed by atoms with Crippen molar-refractivity contribution < 1.29 is 24.2 Å². The number of aliphatic hydroxyl groups excluding tert-OH is 1. The van der Waals surface area contributed by atoms with Crippen LogP contribution < -0.4 is 14.4 Å². The smallest absolute Gasteiger partial charge is 0.300 e. The van der Waals surface area contributed by atoms with Crippen molar-refractivity contribution in [3.63, 3.8) is 0 Å². The fourth-order valence-electron chi connectivity index (χ4n) is 4.10. The van der Waals surface area contributed by atoms with Gasteiger partial charge in [0.25, 0.3) is 11.7 Å². The second kappa shape index (κ2) is 9.84. The molecule has 0 spiro atoms. The molecule has 1 fully saturated rings. The van der Waals surface area contributed by atoms with E-state index in [9.17, 15) is 14.7 Å². The van der Waals surface area contributed by atoms with Crippen molar-refractivity contribution in [1.29, 1.82) is 0 Å². The maximum absolute atomic E-state index is 13.4. The largest absolute Gasteiger partial charge is 0.507 e. The van der Waals surface area contributed by atoms with Gasteiger partial charge in [-0.1, -0.05) is 41.9 Å². The average Bonchev–Trinajstić information content (AvgIpc) is 3.10. The van der Waals surface area contributed by atoms with E-state index in [1.807, 2.05) is 20.8 Å². The molecule has 3 aromatic carbocycles. The molecule has 3 aromatic rings. The maximum Gasteiger partial charge on any atom is 0.300 e. The first-order valence-electron chi connectivity index (χ1n) is 11.2. The minimum Gasteiger partial charge on any atom is -0.507 e. The van der Waals surface area contributed by atoms with Crippen LogP contribution in [0.15, 0.2) is 72.3 Å². The van der Waals surface area contributed by atoms with Crippen LogP contribution in [-0.2, 0) is 9.59 Å². The molecule has 1 amide bonds. The number of benzene rings is 3. The first kappa shape index (κ1) is 24.4. The molecule has 180 valence electrons. The Morgan fingerprint density at radius 3 is 2.40 bits per heavy atom. The van der Waals surface area contributed by atoms with E-state index in [1.54, 1.807) is 66.7 Å². The van der Waals surface area contributed by atoms with Crippen molar-refractivity contribution in [1.82, 2.24) is 0 Å². The number of halogens is 1. The monoisotopic (exact) mass is 491 g/mol. The van der Waals surface area contributed by atoms with Crippen LogP contribution in [0.5, 0.6) is 11.5 Å². The zero-order valence-corrected chi connectivity index (χ0v) is 20.7. The number of hydrogen-bond acceptors (Lipinski definition) is 5. The third kappa shape index (κ3) is 4.75. The summed E-state index contributed by atoms with van der Waals surface area (Å²) >= 11 is 6.35. The molecule has 1 atom stereocenters. The summed E-state index contributed by atoms with van der Waals surface area (Å²) in [7, 11) is 1.54. The number of nitrogens with zero attached hydrogens (tertiary/aromatic N) is 1. The summed E-state index contributed by atoms with van der Waals surface area (Å²) in [6.45, 7) is 5.65. The number of hydrogen-bond donors (Lipinski definition) is 1. The van der Waals surface area contributed by atoms with Crippen LogP contribution >= 0.6 is 11.6 Å². The van der Waals surface area contributed by atoms with E-state index in [4.69, 9.17) is 21.1 Å². The number of rotatable bonds is 6. The molecular weight excluding hydrogens is 466 g/mol. The Morgan fingerprint density at radius 2 is 1.71 bits per heavy atom. The fourth-order valence-corrected chi connectivity index (χ4v) is 4.28. The summed E-state index contributed by atoms with van der Waals surface area (Å²) in [6, 6.07) is 18.1. The number of aliphatic hydroxyl groups is 1. The highest BCUT2D eigenvalue weighted by atomic mass is 35.5. The molecule has 7 heteroatoms. The van der Waals surface area contributed by atoms with E-state index in [1.165, 1.54) is 12.0 Å². The molecule has 6 nitrogen and oxygen atoms in total. The summed E-state index contributed by atoms with van der Waals surface area (Å²) in [5.41, 5.74) is 2.24. The lowest BCUT2D eigenvalue weighted by Gasteiger charge is -2.26. The van der Waals surface area contributed by atoms with Crippen molar-refractivity contribution in [2.24, 2.45) is 0 Å². The number of amides is 1. The third-order valence-electron chi connectivity index (χ3n) is 5.77. The standard InChI is InChI=1S/C28H26ClNO5/c1-16(2)35-22-10-6-8-19(14-22)26(31)24-25(18-7-5-9-21(13-18)34-4)30(28(33)27(24)32)20-12-11-17(3)23(29)15-20/h5-16,25,31H,1-4H3/b26-24+. The van der Waals surface area contributed by atoms with E-state index < -0.39 is 17.7 Å². The summed E-state index contributed by atoms with van der Waals surface area (Å²) in [5.74, 6) is -0.731. The predicted octanol–water partition coefficient (Wildman–Crippen LogP) is 6.07. The SMILES string of the molecule is COc1cccc(C2/C(=C(\O)c3cccc(OC(C)C)c3)C(=O)C(=O)N2c2ccc(C)c(Cl)c2)c1. The molecule has 1 aliphatic heterocycles. The molecule has 1 aliphatic rings. The van der Waals surface area contributed by atoms with Gasteiger partial charge in [-0.3, -0.25) is 14.5 Å². The van der Waals surface area contributed by atoms with Gasteiger partial charge in [-0.15, -0.1) is 0 Å². The van der Waals surface area contributed by atoms with Crippen molar-refractivity contribution >= 4 is 34.7 Å². The van der Waals surface area contributed by atoms with Gasteiger partial charge < -0.3 is 14.6 Å². The van der Waals surface area contributed by atoms with Crippen LogP contribution in [0.2, 0.25) is 5.02 Å². The van der Waals surface area contributed by atoms with Gasteiger partial charge in [-0.25, -0.2) is 0 Å². The quantitative estimate of drug-likeness (QED) is 0.257. The molecule has 35 heavy (non-hydrogen) atoms. The minimum absolute atomic E-state index is 0.0263. The fraction of sp³-hybridized carbons (Fsp3) is 0.214. The Kier molecular flexibility index (Phi) is 6.85. The molecule has 4 rings (SSSR count). The second-order valence-electron chi connectivity index (χ2n) is 8.57. The van der Waals surface area contributed by atoms with Gasteiger partial charge in [0.2, 0.25) is 0 Å². The van der Waals surface area contributed by atoms with E-state index in [0.717, 1.165) is 5.56 Å². The number of ketones is 1. The Hall–Kier alpha value is -3.77. The molecule has 0 aromatic heterocycles. The van der Waals surface area contributed by atoms with Gasteiger partial charge in [0.1, 0.15) is 17.3 Å². The molecule has 1 saturated heterocycles. The molecule has 1 N–H and O–H groups in total. The van der Waals surface area contributed by atoms with Crippen LogP contribution in [0.4, 0.5) is 5.69 Å². The van der Waals surface area contributed by atoms with E-state index in [2.05, 4.69) is 0 Å². The molecule has 0 saturated carbocycles. The van der Waals surface area contributed by atoms with Gasteiger partial charge in [0.15, 0.2) is 0 Å². The maximum atomic E-state index is 13.4. The van der Waals surface area contributed by atoms with Gasteiger partial charge in [0, 0.05) is 16.3 Å². The zero-order chi connectivity index (χ0) is 25.3. The lowest BCUT2D eigenvalue weighted by molar-refractivity contribution is -0.132. The minimum atomic E-state index is -0.890. The molecule has 1 unspecified atom stereocenters. The lowest BCUT2D eigenvalue weighted by atomic mass is 9.95. The summed E-state index contributed by atoms with van der Waals surface area (Å²) in [4.78, 5) is 28.0. The number of ether oxygens (including phenoxy) is 2. The Balaban J connectivity index is 1.93. The highest BCUT2D eigenvalue weighted by Gasteiger charge is 2.47. The number of methoxy groups -OCH3 is 1. The van der Waals surface area contributed by atoms with Crippen molar-refractivity contribution in [2.45, 2.75) is 32.9 Å². The molecule has 0 aliphatic carbocycles. The van der Waals surface area contributed by atoms with Gasteiger partial charge in [-0.05, 0) is 68.3 Å². The van der Waals surface area contributed by atoms with Gasteiger partial charge in [0.05, 0.1) is 24.8 Å². The number of carbonyl (C=O) groups is 2. The van der Waals surface area contributed by atoms with E-state index >= 15 is 0 Å². The molecule has 0 radical (unpaired) electrons. The first-order chi connectivity index (χ1) is 16.7. The highest BCUT2D eigenvalue weighted by Crippen LogP contribution is 2.43. The van der Waals surface area contributed by atoms with Crippen LogP contribution in [0.25, 0.3) is 5.76 Å². The predicted molar refractivity (Wildman–Crippen MR) is 136 cm³/mol. The Labute approximate surface area is 209 Å². The van der Waals surface area contributed by atoms with E-state index in [-0.39, 0.29) is 17.4 Å². The van der Waals surface area contributed by atoms with Crippen molar-refractivity contribution in [3.8, 4) is 11.5 Å². The highest BCUT2D eigenvalue weighted by molar-refractivity contribution is 6.51. The third-order valence-corrected chi connectivity index (χ3v) is 6.17. The first-order valence-corrected chi connectivity index (χ1v) is 11.6. The van der Waals surface area contributed by atoms with Gasteiger partial charge in [-0.2, -0.15) is 0 Å². The van der Waals surface area contributed by atoms with Crippen LogP contribution in [0.1, 0.15) is 36.6 Å². The number of aryl methyl sites for hydroxylation is 1. The zero-order valence-electron chi connectivity index (χ0n) is 19.9. The van der Waals surface area contributed by atoms with Crippen LogP contribution in [-0.4, -0.2) is 30.0 Å². The number of anilines is 1. The molecule has 1 heterocycles.